The van der Waals surface area contributed by atoms with Gasteiger partial charge in [0.2, 0.25) is 5.88 Å². The fraction of sp³-hybridized carbons (Fsp3) is 0.231. The van der Waals surface area contributed by atoms with E-state index < -0.39 is 0 Å². The molecule has 0 fully saturated rings. The molecule has 0 radical (unpaired) electrons. The van der Waals surface area contributed by atoms with Crippen molar-refractivity contribution in [2.45, 2.75) is 12.5 Å². The fourth-order valence-electron chi connectivity index (χ4n) is 1.62. The number of hydrogen-bond donors (Lipinski definition) is 1. The van der Waals surface area contributed by atoms with Gasteiger partial charge in [-0.05, 0) is 30.2 Å². The minimum Gasteiger partial charge on any atom is -0.480 e. The molecule has 1 aromatic carbocycles. The Morgan fingerprint density at radius 3 is 2.44 bits per heavy atom. The van der Waals surface area contributed by atoms with Crippen molar-refractivity contribution in [2.24, 2.45) is 5.73 Å². The summed E-state index contributed by atoms with van der Waals surface area (Å²) >= 11 is 5.83. The lowest BCUT2D eigenvalue weighted by Gasteiger charge is -2.10. The minimum atomic E-state index is -0.190. The van der Waals surface area contributed by atoms with Gasteiger partial charge >= 0.3 is 0 Å². The van der Waals surface area contributed by atoms with Gasteiger partial charge in [0.1, 0.15) is 0 Å². The molecule has 2 N–H and O–H groups in total. The van der Waals surface area contributed by atoms with Crippen molar-refractivity contribution in [1.82, 2.24) is 10.2 Å². The Kier molecular flexibility index (Phi) is 4.12. The second-order valence-electron chi connectivity index (χ2n) is 3.94. The highest BCUT2D eigenvalue weighted by Gasteiger charge is 2.09. The van der Waals surface area contributed by atoms with Gasteiger partial charge in [0.05, 0.1) is 18.8 Å². The second kappa shape index (κ2) is 5.80. The highest BCUT2D eigenvalue weighted by atomic mass is 35.5. The van der Waals surface area contributed by atoms with Crippen molar-refractivity contribution in [1.29, 1.82) is 0 Å². The maximum atomic E-state index is 6.08. The molecule has 1 aromatic heterocycles. The molecule has 0 saturated carbocycles. The van der Waals surface area contributed by atoms with Crippen LogP contribution in [-0.2, 0) is 6.42 Å². The molecule has 1 unspecified atom stereocenters. The van der Waals surface area contributed by atoms with E-state index in [0.717, 1.165) is 16.3 Å². The molecule has 5 heteroatoms. The van der Waals surface area contributed by atoms with E-state index in [4.69, 9.17) is 22.1 Å². The first-order chi connectivity index (χ1) is 8.69. The topological polar surface area (TPSA) is 61.0 Å². The lowest BCUT2D eigenvalue weighted by atomic mass is 10.0. The molecule has 0 bridgehead atoms. The molecule has 18 heavy (non-hydrogen) atoms. The number of methoxy groups -OCH3 is 1. The number of halogens is 1. The third kappa shape index (κ3) is 3.18. The molecule has 94 valence electrons. The molecule has 0 amide bonds. The third-order valence-corrected chi connectivity index (χ3v) is 2.87. The van der Waals surface area contributed by atoms with E-state index in [1.807, 2.05) is 30.3 Å². The van der Waals surface area contributed by atoms with Crippen molar-refractivity contribution in [3.8, 4) is 5.88 Å². The molecular formula is C13H14ClN3O. The van der Waals surface area contributed by atoms with Gasteiger partial charge in [0.15, 0.2) is 0 Å². The van der Waals surface area contributed by atoms with Crippen molar-refractivity contribution in [3.63, 3.8) is 0 Å². The van der Waals surface area contributed by atoms with Gasteiger partial charge in [-0.25, -0.2) is 0 Å². The first-order valence-electron chi connectivity index (χ1n) is 5.56. The fourth-order valence-corrected chi connectivity index (χ4v) is 1.74. The number of nitrogens with zero attached hydrogens (tertiary/aromatic N) is 2. The number of hydrogen-bond acceptors (Lipinski definition) is 4. The molecule has 1 heterocycles. The summed E-state index contributed by atoms with van der Waals surface area (Å²) in [6.45, 7) is 0. The highest BCUT2D eigenvalue weighted by molar-refractivity contribution is 6.30. The van der Waals surface area contributed by atoms with Gasteiger partial charge in [-0.3, -0.25) is 0 Å². The number of rotatable bonds is 4. The number of nitrogens with two attached hydrogens (primary N) is 1. The van der Waals surface area contributed by atoms with Gasteiger partial charge in [0, 0.05) is 11.1 Å². The highest BCUT2D eigenvalue weighted by Crippen LogP contribution is 2.17. The normalized spacial score (nSPS) is 12.2. The van der Waals surface area contributed by atoms with Gasteiger partial charge in [0.25, 0.3) is 0 Å². The SMILES string of the molecule is COc1ccc(C(N)Cc2ccc(Cl)cc2)nn1. The van der Waals surface area contributed by atoms with Crippen molar-refractivity contribution in [3.05, 3.63) is 52.7 Å². The average molecular weight is 264 g/mol. The van der Waals surface area contributed by atoms with Gasteiger partial charge in [-0.1, -0.05) is 23.7 Å². The van der Waals surface area contributed by atoms with Crippen LogP contribution in [-0.4, -0.2) is 17.3 Å². The third-order valence-electron chi connectivity index (χ3n) is 2.62. The van der Waals surface area contributed by atoms with Crippen LogP contribution in [0.3, 0.4) is 0 Å². The number of benzene rings is 1. The van der Waals surface area contributed by atoms with E-state index >= 15 is 0 Å². The van der Waals surface area contributed by atoms with Crippen LogP contribution in [0, 0.1) is 0 Å². The summed E-state index contributed by atoms with van der Waals surface area (Å²) in [7, 11) is 1.55. The smallest absolute Gasteiger partial charge is 0.233 e. The van der Waals surface area contributed by atoms with E-state index in [0.29, 0.717) is 12.3 Å². The molecule has 2 rings (SSSR count). The molecule has 0 aliphatic carbocycles. The van der Waals surface area contributed by atoms with Gasteiger partial charge in [-0.15, -0.1) is 5.10 Å². The van der Waals surface area contributed by atoms with E-state index in [9.17, 15) is 0 Å². The molecule has 1 atom stereocenters. The quantitative estimate of drug-likeness (QED) is 0.920. The predicted octanol–water partition coefficient (Wildman–Crippen LogP) is 2.38. The summed E-state index contributed by atoms with van der Waals surface area (Å²) in [5.74, 6) is 0.484. The van der Waals surface area contributed by atoms with E-state index in [-0.39, 0.29) is 6.04 Å². The summed E-state index contributed by atoms with van der Waals surface area (Å²) in [4.78, 5) is 0. The predicted molar refractivity (Wildman–Crippen MR) is 70.7 cm³/mol. The minimum absolute atomic E-state index is 0.190. The maximum Gasteiger partial charge on any atom is 0.233 e. The number of aromatic nitrogens is 2. The molecular weight excluding hydrogens is 250 g/mol. The molecule has 0 saturated heterocycles. The van der Waals surface area contributed by atoms with E-state index in [2.05, 4.69) is 10.2 Å². The van der Waals surface area contributed by atoms with Gasteiger partial charge in [-0.2, -0.15) is 5.10 Å². The van der Waals surface area contributed by atoms with Crippen molar-refractivity contribution >= 4 is 11.6 Å². The van der Waals surface area contributed by atoms with Crippen LogP contribution in [0.25, 0.3) is 0 Å². The molecule has 0 spiro atoms. The zero-order valence-electron chi connectivity index (χ0n) is 10.0. The van der Waals surface area contributed by atoms with Crippen LogP contribution in [0.5, 0.6) is 5.88 Å². The lowest BCUT2D eigenvalue weighted by Crippen LogP contribution is -2.15. The maximum absolute atomic E-state index is 6.08. The van der Waals surface area contributed by atoms with Crippen LogP contribution < -0.4 is 10.5 Å². The van der Waals surface area contributed by atoms with Crippen molar-refractivity contribution < 1.29 is 4.74 Å². The Morgan fingerprint density at radius 1 is 1.17 bits per heavy atom. The van der Waals surface area contributed by atoms with Crippen LogP contribution in [0.1, 0.15) is 17.3 Å². The van der Waals surface area contributed by atoms with E-state index in [1.165, 1.54) is 0 Å². The van der Waals surface area contributed by atoms with Crippen molar-refractivity contribution in [2.75, 3.05) is 7.11 Å². The Labute approximate surface area is 111 Å². The van der Waals surface area contributed by atoms with Crippen LogP contribution in [0.15, 0.2) is 36.4 Å². The monoisotopic (exact) mass is 263 g/mol. The summed E-state index contributed by atoms with van der Waals surface area (Å²) in [6, 6.07) is 11.0. The largest absolute Gasteiger partial charge is 0.480 e. The Bertz CT molecular complexity index is 499. The summed E-state index contributed by atoms with van der Waals surface area (Å²) in [6.07, 6.45) is 0.693. The molecule has 0 aliphatic heterocycles. The summed E-state index contributed by atoms with van der Waals surface area (Å²) < 4.78 is 4.95. The average Bonchev–Trinajstić information content (AvgIpc) is 2.41. The van der Waals surface area contributed by atoms with Crippen LogP contribution >= 0.6 is 11.6 Å². The van der Waals surface area contributed by atoms with Crippen LogP contribution in [0.2, 0.25) is 5.02 Å². The lowest BCUT2D eigenvalue weighted by molar-refractivity contribution is 0.390. The summed E-state index contributed by atoms with van der Waals surface area (Å²) in [5.41, 5.74) is 7.94. The molecule has 4 nitrogen and oxygen atoms in total. The standard InChI is InChI=1S/C13H14ClN3O/c1-18-13-7-6-12(16-17-13)11(15)8-9-2-4-10(14)5-3-9/h2-7,11H,8,15H2,1H3. The zero-order chi connectivity index (χ0) is 13.0. The van der Waals surface area contributed by atoms with Crippen LogP contribution in [0.4, 0.5) is 0 Å². The van der Waals surface area contributed by atoms with Gasteiger partial charge < -0.3 is 10.5 Å². The molecule has 2 aromatic rings. The first kappa shape index (κ1) is 12.8. The first-order valence-corrected chi connectivity index (χ1v) is 5.94. The Morgan fingerprint density at radius 2 is 1.89 bits per heavy atom. The zero-order valence-corrected chi connectivity index (χ0v) is 10.8. The Balaban J connectivity index is 2.06. The van der Waals surface area contributed by atoms with E-state index in [1.54, 1.807) is 13.2 Å². The number of ether oxygens (including phenoxy) is 1. The summed E-state index contributed by atoms with van der Waals surface area (Å²) in [5, 5.41) is 8.66. The Hall–Kier alpha value is -1.65. The second-order valence-corrected chi connectivity index (χ2v) is 4.37. The molecule has 0 aliphatic rings.